The Hall–Kier alpha value is 0.210. The van der Waals surface area contributed by atoms with E-state index in [1.807, 2.05) is 0 Å². The first-order valence-corrected chi connectivity index (χ1v) is 5.76. The van der Waals surface area contributed by atoms with E-state index >= 15 is 0 Å². The van der Waals surface area contributed by atoms with Crippen LogP contribution in [0.4, 0.5) is 0 Å². The van der Waals surface area contributed by atoms with Crippen LogP contribution in [0.5, 0.6) is 11.5 Å². The van der Waals surface area contributed by atoms with Crippen molar-refractivity contribution in [3.05, 3.63) is 30.3 Å². The molecule has 0 aliphatic heterocycles. The Balaban J connectivity index is 0.00000144. The SMILES string of the molecule is O=S(=O)(O)c1cc(O)c2c(O)cccc2c1.[NaH].[NaH]. The van der Waals surface area contributed by atoms with Crippen molar-refractivity contribution in [2.45, 2.75) is 4.90 Å². The average molecular weight is 288 g/mol. The minimum atomic E-state index is -4.37. The summed E-state index contributed by atoms with van der Waals surface area (Å²) in [5.74, 6) is -0.555. The zero-order chi connectivity index (χ0) is 11.9. The maximum atomic E-state index is 10.9. The van der Waals surface area contributed by atoms with Crippen LogP contribution in [0, 0.1) is 0 Å². The topological polar surface area (TPSA) is 94.8 Å². The van der Waals surface area contributed by atoms with E-state index < -0.39 is 20.8 Å². The Kier molecular flexibility index (Phi) is 6.66. The normalized spacial score (nSPS) is 10.5. The maximum absolute atomic E-state index is 10.9. The number of hydrogen-bond acceptors (Lipinski definition) is 4. The summed E-state index contributed by atoms with van der Waals surface area (Å²) in [6, 6.07) is 6.45. The van der Waals surface area contributed by atoms with Crippen molar-refractivity contribution in [1.82, 2.24) is 0 Å². The number of hydrogen-bond donors (Lipinski definition) is 3. The average Bonchev–Trinajstić information content (AvgIpc) is 2.15. The quantitative estimate of drug-likeness (QED) is 0.515. The summed E-state index contributed by atoms with van der Waals surface area (Å²) in [7, 11) is -4.37. The Morgan fingerprint density at radius 2 is 1.56 bits per heavy atom. The molecule has 5 nitrogen and oxygen atoms in total. The van der Waals surface area contributed by atoms with Gasteiger partial charge in [0, 0.05) is 6.07 Å². The van der Waals surface area contributed by atoms with Crippen molar-refractivity contribution in [2.24, 2.45) is 0 Å². The molecule has 0 atom stereocenters. The van der Waals surface area contributed by atoms with Gasteiger partial charge in [0.1, 0.15) is 11.5 Å². The Labute approximate surface area is 148 Å². The van der Waals surface area contributed by atoms with Crippen LogP contribution in [0.3, 0.4) is 0 Å². The van der Waals surface area contributed by atoms with Crippen LogP contribution < -0.4 is 0 Å². The second kappa shape index (κ2) is 6.58. The zero-order valence-electron chi connectivity index (χ0n) is 7.95. The van der Waals surface area contributed by atoms with E-state index in [4.69, 9.17) is 4.55 Å². The minimum absolute atomic E-state index is 0. The molecule has 8 heteroatoms. The van der Waals surface area contributed by atoms with Crippen LogP contribution in [0.2, 0.25) is 0 Å². The van der Waals surface area contributed by atoms with Crippen LogP contribution in [-0.4, -0.2) is 82.3 Å². The molecule has 3 N–H and O–H groups in total. The second-order valence-corrected chi connectivity index (χ2v) is 4.71. The summed E-state index contributed by atoms with van der Waals surface area (Å²) < 4.78 is 30.6. The standard InChI is InChI=1S/C10H8O5S.2Na.2H/c11-8-3-1-2-6-4-7(16(13,14)15)5-9(12)10(6)8;;;;/h1-5,11-12H,(H,13,14,15);;;;. The molecule has 0 unspecified atom stereocenters. The fourth-order valence-corrected chi connectivity index (χ4v) is 2.04. The number of aromatic hydroxyl groups is 2. The number of fused-ring (bicyclic) bond motifs is 1. The zero-order valence-corrected chi connectivity index (χ0v) is 8.77. The van der Waals surface area contributed by atoms with Crippen molar-refractivity contribution in [3.63, 3.8) is 0 Å². The van der Waals surface area contributed by atoms with Gasteiger partial charge < -0.3 is 10.2 Å². The van der Waals surface area contributed by atoms with Crippen molar-refractivity contribution in [2.75, 3.05) is 0 Å². The van der Waals surface area contributed by atoms with E-state index in [1.54, 1.807) is 0 Å². The first-order valence-electron chi connectivity index (χ1n) is 4.32. The second-order valence-electron chi connectivity index (χ2n) is 3.29. The Morgan fingerprint density at radius 1 is 0.944 bits per heavy atom. The van der Waals surface area contributed by atoms with Crippen LogP contribution in [0.15, 0.2) is 35.2 Å². The molecule has 0 fully saturated rings. The molecule has 0 bridgehead atoms. The van der Waals surface area contributed by atoms with Crippen molar-refractivity contribution in [3.8, 4) is 11.5 Å². The van der Waals surface area contributed by atoms with Crippen molar-refractivity contribution >= 4 is 80.0 Å². The number of phenolic OH excluding ortho intramolecular Hbond substituents is 2. The molecule has 0 aliphatic carbocycles. The third-order valence-corrected chi connectivity index (χ3v) is 3.04. The van der Waals surface area contributed by atoms with Crippen LogP contribution in [0.1, 0.15) is 0 Å². The van der Waals surface area contributed by atoms with E-state index in [2.05, 4.69) is 0 Å². The molecule has 0 radical (unpaired) electrons. The summed E-state index contributed by atoms with van der Waals surface area (Å²) in [6.45, 7) is 0. The van der Waals surface area contributed by atoms with Gasteiger partial charge in [-0.25, -0.2) is 0 Å². The van der Waals surface area contributed by atoms with E-state index in [0.29, 0.717) is 5.39 Å². The van der Waals surface area contributed by atoms with E-state index in [1.165, 1.54) is 24.3 Å². The molecule has 0 saturated carbocycles. The van der Waals surface area contributed by atoms with Gasteiger partial charge in [0.15, 0.2) is 0 Å². The molecule has 0 heterocycles. The van der Waals surface area contributed by atoms with Gasteiger partial charge in [0.2, 0.25) is 0 Å². The molecule has 2 rings (SSSR count). The van der Waals surface area contributed by atoms with Gasteiger partial charge >= 0.3 is 59.1 Å². The summed E-state index contributed by atoms with van der Waals surface area (Å²) in [4.78, 5) is -0.414. The molecule has 2 aromatic rings. The summed E-state index contributed by atoms with van der Waals surface area (Å²) >= 11 is 0. The Morgan fingerprint density at radius 3 is 2.11 bits per heavy atom. The van der Waals surface area contributed by atoms with Gasteiger partial charge in [0.25, 0.3) is 10.1 Å². The van der Waals surface area contributed by atoms with Gasteiger partial charge in [-0.1, -0.05) is 12.1 Å². The molecule has 0 aromatic heterocycles. The first kappa shape index (κ1) is 18.2. The third-order valence-electron chi connectivity index (χ3n) is 2.21. The van der Waals surface area contributed by atoms with Crippen LogP contribution in [0.25, 0.3) is 10.8 Å². The Bertz CT molecular complexity index is 669. The number of rotatable bonds is 1. The van der Waals surface area contributed by atoms with E-state index in [9.17, 15) is 18.6 Å². The van der Waals surface area contributed by atoms with Crippen molar-refractivity contribution < 1.29 is 23.2 Å². The molecule has 88 valence electrons. The third kappa shape index (κ3) is 3.61. The van der Waals surface area contributed by atoms with Gasteiger partial charge in [-0.05, 0) is 17.5 Å². The molecule has 0 amide bonds. The predicted octanol–water partition coefficient (Wildman–Crippen LogP) is 0.201. The van der Waals surface area contributed by atoms with Gasteiger partial charge in [-0.15, -0.1) is 0 Å². The fourth-order valence-electron chi connectivity index (χ4n) is 1.51. The molecule has 0 aliphatic rings. The first-order chi connectivity index (χ1) is 7.39. The number of benzene rings is 2. The molecular formula is C10H10Na2O5S. The van der Waals surface area contributed by atoms with Crippen molar-refractivity contribution in [1.29, 1.82) is 0 Å². The van der Waals surface area contributed by atoms with Gasteiger partial charge in [-0.2, -0.15) is 8.42 Å². The molecule has 2 aromatic carbocycles. The summed E-state index contributed by atoms with van der Waals surface area (Å²) in [6.07, 6.45) is 0. The van der Waals surface area contributed by atoms with Gasteiger partial charge in [0.05, 0.1) is 10.3 Å². The molecule has 18 heavy (non-hydrogen) atoms. The van der Waals surface area contributed by atoms with Crippen LogP contribution in [-0.2, 0) is 10.1 Å². The predicted molar refractivity (Wildman–Crippen MR) is 71.4 cm³/mol. The molecule has 0 spiro atoms. The monoisotopic (exact) mass is 288 g/mol. The summed E-state index contributed by atoms with van der Waals surface area (Å²) in [5, 5.41) is 19.5. The molecule has 0 saturated heterocycles. The summed E-state index contributed by atoms with van der Waals surface area (Å²) in [5.41, 5.74) is 0. The molecular weight excluding hydrogens is 278 g/mol. The fraction of sp³-hybridized carbons (Fsp3) is 0. The number of phenols is 2. The van der Waals surface area contributed by atoms with Crippen LogP contribution >= 0.6 is 0 Å². The van der Waals surface area contributed by atoms with E-state index in [0.717, 1.165) is 6.07 Å². The van der Waals surface area contributed by atoms with E-state index in [-0.39, 0.29) is 70.3 Å². The van der Waals surface area contributed by atoms with Gasteiger partial charge in [-0.3, -0.25) is 4.55 Å².